The maximum absolute atomic E-state index is 6.12. The highest BCUT2D eigenvalue weighted by molar-refractivity contribution is 6.30. The number of rotatable bonds is 2. The number of hydrogen-bond donors (Lipinski definition) is 0. The monoisotopic (exact) mass is 306 g/mol. The largest absolute Gasteiger partial charge is 0.233 e. The first-order chi connectivity index (χ1) is 10.8. The first-order valence-corrected chi connectivity index (χ1v) is 7.78. The third kappa shape index (κ3) is 2.36. The molecular weight excluding hydrogens is 292 g/mol. The van der Waals surface area contributed by atoms with E-state index in [2.05, 4.69) is 35.4 Å². The van der Waals surface area contributed by atoms with Crippen LogP contribution in [0.5, 0.6) is 0 Å². The second-order valence-corrected chi connectivity index (χ2v) is 5.93. The molecular formula is C19H15ClN2. The van der Waals surface area contributed by atoms with E-state index in [1.54, 1.807) is 0 Å². The molecule has 1 heterocycles. The van der Waals surface area contributed by atoms with E-state index in [1.807, 2.05) is 41.2 Å². The first kappa shape index (κ1) is 13.4. The molecule has 1 aliphatic carbocycles. The quantitative estimate of drug-likeness (QED) is 0.650. The summed E-state index contributed by atoms with van der Waals surface area (Å²) < 4.78 is 2.00. The molecule has 0 spiro atoms. The molecule has 0 fully saturated rings. The number of aryl methyl sites for hydroxylation is 1. The van der Waals surface area contributed by atoms with Crippen molar-refractivity contribution in [1.29, 1.82) is 0 Å². The molecule has 0 radical (unpaired) electrons. The highest BCUT2D eigenvalue weighted by atomic mass is 35.5. The van der Waals surface area contributed by atoms with Crippen LogP contribution in [0.15, 0.2) is 60.8 Å². The Kier molecular flexibility index (Phi) is 3.32. The molecule has 4 rings (SSSR count). The van der Waals surface area contributed by atoms with Gasteiger partial charge in [-0.2, -0.15) is 5.10 Å². The minimum Gasteiger partial charge on any atom is -0.233 e. The van der Waals surface area contributed by atoms with Crippen LogP contribution in [0.25, 0.3) is 17.3 Å². The Morgan fingerprint density at radius 1 is 1.00 bits per heavy atom. The number of hydrogen-bond acceptors (Lipinski definition) is 1. The highest BCUT2D eigenvalue weighted by Gasteiger charge is 2.22. The fourth-order valence-corrected chi connectivity index (χ4v) is 3.17. The van der Waals surface area contributed by atoms with Crippen LogP contribution in [-0.4, -0.2) is 9.78 Å². The molecule has 0 amide bonds. The van der Waals surface area contributed by atoms with Gasteiger partial charge in [-0.05, 0) is 53.8 Å². The van der Waals surface area contributed by atoms with E-state index in [9.17, 15) is 0 Å². The van der Waals surface area contributed by atoms with Gasteiger partial charge in [-0.15, -0.1) is 0 Å². The molecule has 108 valence electrons. The van der Waals surface area contributed by atoms with Crippen LogP contribution < -0.4 is 0 Å². The minimum absolute atomic E-state index is 0.730. The number of allylic oxidation sites excluding steroid dienone is 1. The summed E-state index contributed by atoms with van der Waals surface area (Å²) in [6, 6.07) is 18.3. The van der Waals surface area contributed by atoms with Crippen molar-refractivity contribution >= 4 is 23.3 Å². The van der Waals surface area contributed by atoms with Gasteiger partial charge < -0.3 is 0 Å². The third-order valence-electron chi connectivity index (χ3n) is 4.01. The maximum Gasteiger partial charge on any atom is 0.0733 e. The highest BCUT2D eigenvalue weighted by Crippen LogP contribution is 2.35. The zero-order valence-corrected chi connectivity index (χ0v) is 12.8. The average Bonchev–Trinajstić information content (AvgIpc) is 3.11. The molecule has 3 aromatic rings. The zero-order valence-electron chi connectivity index (χ0n) is 12.0. The summed E-state index contributed by atoms with van der Waals surface area (Å²) in [7, 11) is 0. The van der Waals surface area contributed by atoms with Crippen LogP contribution in [-0.2, 0) is 6.42 Å². The molecule has 1 aliphatic rings. The first-order valence-electron chi connectivity index (χ1n) is 7.40. The van der Waals surface area contributed by atoms with Gasteiger partial charge >= 0.3 is 0 Å². The van der Waals surface area contributed by atoms with Crippen molar-refractivity contribution in [2.75, 3.05) is 0 Å². The van der Waals surface area contributed by atoms with Crippen molar-refractivity contribution in [1.82, 2.24) is 9.78 Å². The van der Waals surface area contributed by atoms with Crippen LogP contribution in [0.4, 0.5) is 0 Å². The number of benzene rings is 2. The van der Waals surface area contributed by atoms with Crippen molar-refractivity contribution in [2.45, 2.75) is 12.8 Å². The van der Waals surface area contributed by atoms with Crippen molar-refractivity contribution in [3.05, 3.63) is 82.6 Å². The lowest BCUT2D eigenvalue weighted by atomic mass is 10.1. The van der Waals surface area contributed by atoms with Gasteiger partial charge in [0.05, 0.1) is 17.6 Å². The summed E-state index contributed by atoms with van der Waals surface area (Å²) in [6.07, 6.45) is 6.34. The Bertz CT molecular complexity index is 847. The average molecular weight is 307 g/mol. The Morgan fingerprint density at radius 3 is 2.68 bits per heavy atom. The zero-order chi connectivity index (χ0) is 14.9. The van der Waals surface area contributed by atoms with Gasteiger partial charge in [0.2, 0.25) is 0 Å². The molecule has 0 N–H and O–H groups in total. The standard InChI is InChI=1S/C19H15ClN2/c20-17-7-4-8-18(12-17)22-19-15(9-10-16(19)13-21-22)11-14-5-2-1-3-6-14/h1-8,11-13H,9-10H2/b15-11+. The maximum atomic E-state index is 6.12. The molecule has 0 saturated heterocycles. The summed E-state index contributed by atoms with van der Waals surface area (Å²) in [5.41, 5.74) is 6.09. The van der Waals surface area contributed by atoms with E-state index in [0.29, 0.717) is 0 Å². The van der Waals surface area contributed by atoms with Gasteiger partial charge in [-0.3, -0.25) is 0 Å². The van der Waals surface area contributed by atoms with Crippen LogP contribution in [0.2, 0.25) is 5.02 Å². The van der Waals surface area contributed by atoms with E-state index >= 15 is 0 Å². The molecule has 0 saturated carbocycles. The van der Waals surface area contributed by atoms with Crippen LogP contribution in [0.3, 0.4) is 0 Å². The fraction of sp³-hybridized carbons (Fsp3) is 0.105. The number of halogens is 1. The number of aromatic nitrogens is 2. The van der Waals surface area contributed by atoms with Gasteiger partial charge in [0.25, 0.3) is 0 Å². The van der Waals surface area contributed by atoms with E-state index in [4.69, 9.17) is 11.6 Å². The molecule has 2 nitrogen and oxygen atoms in total. The predicted molar refractivity (Wildman–Crippen MR) is 91.2 cm³/mol. The molecule has 1 aromatic heterocycles. The fourth-order valence-electron chi connectivity index (χ4n) is 2.99. The SMILES string of the molecule is Clc1cccc(-n2ncc3c2/C(=C/c2ccccc2)CC3)c1. The normalized spacial score (nSPS) is 15.2. The van der Waals surface area contributed by atoms with E-state index in [0.717, 1.165) is 23.6 Å². The summed E-state index contributed by atoms with van der Waals surface area (Å²) in [6.45, 7) is 0. The molecule has 0 aliphatic heterocycles. The summed E-state index contributed by atoms with van der Waals surface area (Å²) in [5, 5.41) is 5.29. The Balaban J connectivity index is 1.82. The van der Waals surface area contributed by atoms with E-state index < -0.39 is 0 Å². The molecule has 0 unspecified atom stereocenters. The summed E-state index contributed by atoms with van der Waals surface area (Å²) in [5.74, 6) is 0. The van der Waals surface area contributed by atoms with Crippen LogP contribution in [0, 0.1) is 0 Å². The third-order valence-corrected chi connectivity index (χ3v) is 4.24. The van der Waals surface area contributed by atoms with Gasteiger partial charge in [-0.25, -0.2) is 4.68 Å². The Hall–Kier alpha value is -2.32. The Labute approximate surface area is 134 Å². The lowest BCUT2D eigenvalue weighted by Crippen LogP contribution is -2.00. The van der Waals surface area contributed by atoms with Crippen LogP contribution in [0.1, 0.15) is 23.2 Å². The second kappa shape index (κ2) is 5.47. The topological polar surface area (TPSA) is 17.8 Å². The molecule has 0 atom stereocenters. The van der Waals surface area contributed by atoms with Crippen molar-refractivity contribution in [2.24, 2.45) is 0 Å². The molecule has 22 heavy (non-hydrogen) atoms. The van der Waals surface area contributed by atoms with Gasteiger partial charge in [-0.1, -0.05) is 48.0 Å². The van der Waals surface area contributed by atoms with Crippen LogP contribution >= 0.6 is 11.6 Å². The molecule has 2 aromatic carbocycles. The van der Waals surface area contributed by atoms with E-state index in [-0.39, 0.29) is 0 Å². The van der Waals surface area contributed by atoms with Crippen molar-refractivity contribution in [3.8, 4) is 5.69 Å². The lowest BCUT2D eigenvalue weighted by Gasteiger charge is -2.08. The molecule has 3 heteroatoms. The van der Waals surface area contributed by atoms with Crippen molar-refractivity contribution in [3.63, 3.8) is 0 Å². The predicted octanol–water partition coefficient (Wildman–Crippen LogP) is 5.01. The molecule has 0 bridgehead atoms. The second-order valence-electron chi connectivity index (χ2n) is 5.49. The Morgan fingerprint density at radius 2 is 1.86 bits per heavy atom. The summed E-state index contributed by atoms with van der Waals surface area (Å²) >= 11 is 6.12. The van der Waals surface area contributed by atoms with E-state index in [1.165, 1.54) is 22.4 Å². The smallest absolute Gasteiger partial charge is 0.0733 e. The van der Waals surface area contributed by atoms with Crippen molar-refractivity contribution < 1.29 is 0 Å². The number of nitrogens with zero attached hydrogens (tertiary/aromatic N) is 2. The van der Waals surface area contributed by atoms with Gasteiger partial charge in [0.15, 0.2) is 0 Å². The lowest BCUT2D eigenvalue weighted by molar-refractivity contribution is 0.865. The van der Waals surface area contributed by atoms with Gasteiger partial charge in [0.1, 0.15) is 0 Å². The van der Waals surface area contributed by atoms with Gasteiger partial charge in [0, 0.05) is 5.02 Å². The number of fused-ring (bicyclic) bond motifs is 1. The minimum atomic E-state index is 0.730. The summed E-state index contributed by atoms with van der Waals surface area (Å²) in [4.78, 5) is 0.